The second kappa shape index (κ2) is 6.78. The van der Waals surface area contributed by atoms with Gasteiger partial charge in [0.2, 0.25) is 0 Å². The molecule has 0 saturated heterocycles. The van der Waals surface area contributed by atoms with Gasteiger partial charge in [0.05, 0.1) is 6.61 Å². The maximum Gasteiger partial charge on any atom is 0.313 e. The van der Waals surface area contributed by atoms with E-state index < -0.39 is 5.97 Å². The van der Waals surface area contributed by atoms with Crippen LogP contribution in [-0.2, 0) is 20.7 Å². The van der Waals surface area contributed by atoms with Gasteiger partial charge in [0, 0.05) is 17.8 Å². The smallest absolute Gasteiger partial charge is 0.313 e. The van der Waals surface area contributed by atoms with E-state index >= 15 is 0 Å². The molecule has 0 aliphatic rings. The molecule has 0 amide bonds. The van der Waals surface area contributed by atoms with Gasteiger partial charge in [0.25, 0.3) is 0 Å². The Labute approximate surface area is 101 Å². The summed E-state index contributed by atoms with van der Waals surface area (Å²) in [6, 6.07) is 5.70. The van der Waals surface area contributed by atoms with Crippen LogP contribution in [0.15, 0.2) is 18.2 Å². The Balaban J connectivity index is 2.35. The van der Waals surface area contributed by atoms with Crippen LogP contribution in [0.5, 0.6) is 0 Å². The first-order chi connectivity index (χ1) is 8.11. The largest absolute Gasteiger partial charge is 0.466 e. The SMILES string of the molecule is CCOC(=O)CC(=O)CCc1cccc(C)n1. The summed E-state index contributed by atoms with van der Waals surface area (Å²) in [5.74, 6) is -0.554. The first kappa shape index (κ1) is 13.4. The molecule has 1 aromatic heterocycles. The minimum atomic E-state index is -0.449. The first-order valence-electron chi connectivity index (χ1n) is 5.71. The standard InChI is InChI=1S/C13H17NO3/c1-3-17-13(16)9-12(15)8-7-11-6-4-5-10(2)14-11/h4-6H,3,7-9H2,1-2H3. The van der Waals surface area contributed by atoms with Crippen LogP contribution in [0.25, 0.3) is 0 Å². The summed E-state index contributed by atoms with van der Waals surface area (Å²) in [4.78, 5) is 26.8. The van der Waals surface area contributed by atoms with E-state index in [0.717, 1.165) is 11.4 Å². The van der Waals surface area contributed by atoms with Gasteiger partial charge in [-0.3, -0.25) is 14.6 Å². The summed E-state index contributed by atoms with van der Waals surface area (Å²) in [6.07, 6.45) is 0.759. The van der Waals surface area contributed by atoms with Crippen molar-refractivity contribution in [2.24, 2.45) is 0 Å². The van der Waals surface area contributed by atoms with Crippen molar-refractivity contribution < 1.29 is 14.3 Å². The molecule has 0 aliphatic heterocycles. The lowest BCUT2D eigenvalue weighted by Gasteiger charge is -2.02. The number of Topliss-reactive ketones (excluding diaryl/α,β-unsaturated/α-hetero) is 1. The Morgan fingerprint density at radius 1 is 1.35 bits per heavy atom. The van der Waals surface area contributed by atoms with Gasteiger partial charge < -0.3 is 4.74 Å². The van der Waals surface area contributed by atoms with Gasteiger partial charge in [-0.15, -0.1) is 0 Å². The molecule has 0 bridgehead atoms. The van der Waals surface area contributed by atoms with Crippen LogP contribution in [0.2, 0.25) is 0 Å². The predicted octanol–water partition coefficient (Wildman–Crippen LogP) is 1.84. The fourth-order valence-electron chi connectivity index (χ4n) is 1.47. The third kappa shape index (κ3) is 5.24. The molecule has 0 radical (unpaired) electrons. The molecule has 4 heteroatoms. The van der Waals surface area contributed by atoms with Gasteiger partial charge in [-0.05, 0) is 32.4 Å². The molecule has 1 heterocycles. The lowest BCUT2D eigenvalue weighted by atomic mass is 10.1. The number of hydrogen-bond donors (Lipinski definition) is 0. The van der Waals surface area contributed by atoms with Crippen molar-refractivity contribution >= 4 is 11.8 Å². The molecule has 0 atom stereocenters. The number of aromatic nitrogens is 1. The lowest BCUT2D eigenvalue weighted by molar-refractivity contribution is -0.145. The third-order valence-corrected chi connectivity index (χ3v) is 2.25. The summed E-state index contributed by atoms with van der Waals surface area (Å²) in [5, 5.41) is 0. The number of carbonyl (C=O) groups excluding carboxylic acids is 2. The average Bonchev–Trinajstić information content (AvgIpc) is 2.27. The monoisotopic (exact) mass is 235 g/mol. The number of nitrogens with zero attached hydrogens (tertiary/aromatic N) is 1. The summed E-state index contributed by atoms with van der Waals surface area (Å²) >= 11 is 0. The van der Waals surface area contributed by atoms with Crippen molar-refractivity contribution in [3.63, 3.8) is 0 Å². The number of aryl methyl sites for hydroxylation is 2. The van der Waals surface area contributed by atoms with Gasteiger partial charge in [0.15, 0.2) is 0 Å². The van der Waals surface area contributed by atoms with E-state index in [1.165, 1.54) is 0 Å². The maximum absolute atomic E-state index is 11.5. The van der Waals surface area contributed by atoms with Crippen molar-refractivity contribution in [3.05, 3.63) is 29.6 Å². The number of ether oxygens (including phenoxy) is 1. The normalized spacial score (nSPS) is 10.0. The molecule has 0 fully saturated rings. The van der Waals surface area contributed by atoms with Crippen LogP contribution in [0.1, 0.15) is 31.2 Å². The molecule has 4 nitrogen and oxygen atoms in total. The van der Waals surface area contributed by atoms with Crippen molar-refractivity contribution in [2.75, 3.05) is 6.61 Å². The molecular formula is C13H17NO3. The van der Waals surface area contributed by atoms with E-state index in [4.69, 9.17) is 4.74 Å². The molecule has 1 aromatic rings. The zero-order chi connectivity index (χ0) is 12.7. The average molecular weight is 235 g/mol. The predicted molar refractivity (Wildman–Crippen MR) is 63.6 cm³/mol. The number of pyridine rings is 1. The molecular weight excluding hydrogens is 218 g/mol. The molecule has 0 spiro atoms. The van der Waals surface area contributed by atoms with Gasteiger partial charge in [-0.2, -0.15) is 0 Å². The van der Waals surface area contributed by atoms with E-state index in [-0.39, 0.29) is 12.2 Å². The Bertz CT molecular complexity index is 401. The number of hydrogen-bond acceptors (Lipinski definition) is 4. The lowest BCUT2D eigenvalue weighted by Crippen LogP contribution is -2.11. The highest BCUT2D eigenvalue weighted by Crippen LogP contribution is 2.03. The second-order valence-electron chi connectivity index (χ2n) is 3.79. The molecule has 17 heavy (non-hydrogen) atoms. The van der Waals surface area contributed by atoms with Crippen molar-refractivity contribution in [1.82, 2.24) is 4.98 Å². The number of rotatable bonds is 6. The Morgan fingerprint density at radius 2 is 2.12 bits per heavy atom. The molecule has 0 N–H and O–H groups in total. The summed E-state index contributed by atoms with van der Waals surface area (Å²) in [6.45, 7) is 3.94. The zero-order valence-electron chi connectivity index (χ0n) is 10.2. The van der Waals surface area contributed by atoms with E-state index in [2.05, 4.69) is 4.98 Å². The van der Waals surface area contributed by atoms with Crippen molar-refractivity contribution in [3.8, 4) is 0 Å². The number of carbonyl (C=O) groups is 2. The highest BCUT2D eigenvalue weighted by atomic mass is 16.5. The Morgan fingerprint density at radius 3 is 2.76 bits per heavy atom. The Hall–Kier alpha value is -1.71. The fraction of sp³-hybridized carbons (Fsp3) is 0.462. The molecule has 1 rings (SSSR count). The molecule has 0 aromatic carbocycles. The van der Waals surface area contributed by atoms with Crippen LogP contribution in [0, 0.1) is 6.92 Å². The number of esters is 1. The highest BCUT2D eigenvalue weighted by Gasteiger charge is 2.10. The first-order valence-corrected chi connectivity index (χ1v) is 5.71. The van der Waals surface area contributed by atoms with Gasteiger partial charge >= 0.3 is 5.97 Å². The second-order valence-corrected chi connectivity index (χ2v) is 3.79. The van der Waals surface area contributed by atoms with Crippen LogP contribution in [-0.4, -0.2) is 23.3 Å². The molecule has 0 aliphatic carbocycles. The van der Waals surface area contributed by atoms with Crippen molar-refractivity contribution in [1.29, 1.82) is 0 Å². The summed E-state index contributed by atoms with van der Waals surface area (Å²) in [7, 11) is 0. The van der Waals surface area contributed by atoms with Crippen LogP contribution in [0.3, 0.4) is 0 Å². The van der Waals surface area contributed by atoms with E-state index in [1.807, 2.05) is 25.1 Å². The minimum Gasteiger partial charge on any atom is -0.466 e. The van der Waals surface area contributed by atoms with Gasteiger partial charge in [-0.25, -0.2) is 0 Å². The maximum atomic E-state index is 11.5. The van der Waals surface area contributed by atoms with E-state index in [9.17, 15) is 9.59 Å². The summed E-state index contributed by atoms with van der Waals surface area (Å²) in [5.41, 5.74) is 1.81. The van der Waals surface area contributed by atoms with Crippen LogP contribution in [0.4, 0.5) is 0 Å². The molecule has 92 valence electrons. The topological polar surface area (TPSA) is 56.3 Å². The quantitative estimate of drug-likeness (QED) is 0.557. The summed E-state index contributed by atoms with van der Waals surface area (Å²) < 4.78 is 4.71. The minimum absolute atomic E-state index is 0.105. The van der Waals surface area contributed by atoms with Gasteiger partial charge in [-0.1, -0.05) is 6.07 Å². The molecule has 0 unspecified atom stereocenters. The van der Waals surface area contributed by atoms with Crippen LogP contribution < -0.4 is 0 Å². The fourth-order valence-corrected chi connectivity index (χ4v) is 1.47. The highest BCUT2D eigenvalue weighted by molar-refractivity contribution is 5.95. The zero-order valence-corrected chi connectivity index (χ0v) is 10.2. The van der Waals surface area contributed by atoms with E-state index in [0.29, 0.717) is 19.4 Å². The van der Waals surface area contributed by atoms with Crippen molar-refractivity contribution in [2.45, 2.75) is 33.1 Å². The van der Waals surface area contributed by atoms with Crippen LogP contribution >= 0.6 is 0 Å². The Kier molecular flexibility index (Phi) is 5.33. The van der Waals surface area contributed by atoms with Gasteiger partial charge in [0.1, 0.15) is 12.2 Å². The third-order valence-electron chi connectivity index (χ3n) is 2.25. The number of ketones is 1. The van der Waals surface area contributed by atoms with E-state index in [1.54, 1.807) is 6.92 Å². The molecule has 0 saturated carbocycles.